The summed E-state index contributed by atoms with van der Waals surface area (Å²) in [5, 5.41) is 3.23. The summed E-state index contributed by atoms with van der Waals surface area (Å²) in [6, 6.07) is 7.30. The lowest BCUT2D eigenvalue weighted by atomic mass is 10.1. The fourth-order valence-corrected chi connectivity index (χ4v) is 2.53. The summed E-state index contributed by atoms with van der Waals surface area (Å²) in [5.74, 6) is -0.200. The van der Waals surface area contributed by atoms with E-state index < -0.39 is 0 Å². The van der Waals surface area contributed by atoms with Gasteiger partial charge in [0.1, 0.15) is 0 Å². The molecule has 2 rings (SSSR count). The summed E-state index contributed by atoms with van der Waals surface area (Å²) in [4.78, 5) is 27.6. The highest BCUT2D eigenvalue weighted by Crippen LogP contribution is 2.09. The monoisotopic (exact) mass is 305 g/mol. The second-order valence-corrected chi connectivity index (χ2v) is 5.50. The lowest BCUT2D eigenvalue weighted by Crippen LogP contribution is -2.49. The number of nitrogens with zero attached hydrogens (tertiary/aromatic N) is 2. The minimum absolute atomic E-state index is 0.146. The third kappa shape index (κ3) is 4.54. The molecule has 1 saturated heterocycles. The van der Waals surface area contributed by atoms with Gasteiger partial charge in [0.2, 0.25) is 5.91 Å². The summed E-state index contributed by atoms with van der Waals surface area (Å²) in [5.41, 5.74) is 1.51. The fraction of sp³-hybridized carbons (Fsp3) is 0.500. The van der Waals surface area contributed by atoms with Crippen LogP contribution in [0, 0.1) is 0 Å². The summed E-state index contributed by atoms with van der Waals surface area (Å²) in [6.07, 6.45) is 0. The summed E-state index contributed by atoms with van der Waals surface area (Å²) < 4.78 is 4.72. The summed E-state index contributed by atoms with van der Waals surface area (Å²) >= 11 is 0. The van der Waals surface area contributed by atoms with Gasteiger partial charge in [-0.2, -0.15) is 0 Å². The topological polar surface area (TPSA) is 61.9 Å². The summed E-state index contributed by atoms with van der Waals surface area (Å²) in [7, 11) is 3.28. The van der Waals surface area contributed by atoms with Crippen LogP contribution >= 0.6 is 0 Å². The molecule has 0 bridgehead atoms. The first-order valence-corrected chi connectivity index (χ1v) is 7.44. The van der Waals surface area contributed by atoms with E-state index in [1.165, 1.54) is 7.11 Å². The van der Waals surface area contributed by atoms with E-state index in [2.05, 4.69) is 5.32 Å². The zero-order valence-electron chi connectivity index (χ0n) is 13.2. The van der Waals surface area contributed by atoms with Crippen molar-refractivity contribution in [3.05, 3.63) is 35.4 Å². The van der Waals surface area contributed by atoms with Crippen molar-refractivity contribution < 1.29 is 14.3 Å². The lowest BCUT2D eigenvalue weighted by Gasteiger charge is -2.29. The molecule has 1 amide bonds. The number of esters is 1. The van der Waals surface area contributed by atoms with Crippen LogP contribution in [0.4, 0.5) is 0 Å². The molecule has 0 aromatic heterocycles. The quantitative estimate of drug-likeness (QED) is 0.795. The van der Waals surface area contributed by atoms with Crippen LogP contribution in [0.3, 0.4) is 0 Å². The smallest absolute Gasteiger partial charge is 0.337 e. The highest BCUT2D eigenvalue weighted by Gasteiger charge is 2.17. The Morgan fingerprint density at radius 3 is 2.73 bits per heavy atom. The molecule has 6 heteroatoms. The van der Waals surface area contributed by atoms with Gasteiger partial charge in [-0.1, -0.05) is 12.1 Å². The largest absolute Gasteiger partial charge is 0.465 e. The van der Waals surface area contributed by atoms with E-state index in [4.69, 9.17) is 4.74 Å². The minimum Gasteiger partial charge on any atom is -0.465 e. The summed E-state index contributed by atoms with van der Waals surface area (Å²) in [6.45, 7) is 4.24. The Labute approximate surface area is 131 Å². The number of hydrogen-bond donors (Lipinski definition) is 1. The zero-order chi connectivity index (χ0) is 15.9. The van der Waals surface area contributed by atoms with Gasteiger partial charge in [-0.3, -0.25) is 9.69 Å². The van der Waals surface area contributed by atoms with Crippen LogP contribution in [0.15, 0.2) is 24.3 Å². The predicted molar refractivity (Wildman–Crippen MR) is 83.6 cm³/mol. The standard InChI is InChI=1S/C16H23N3O3/c1-18(12-15(20)19-8-6-17-7-9-19)11-13-4-3-5-14(10-13)16(21)22-2/h3-5,10,17H,6-9,11-12H2,1-2H3. The van der Waals surface area contributed by atoms with Gasteiger partial charge in [0.05, 0.1) is 19.2 Å². The molecule has 0 atom stereocenters. The van der Waals surface area contributed by atoms with E-state index in [0.717, 1.165) is 31.7 Å². The van der Waals surface area contributed by atoms with Crippen molar-refractivity contribution in [2.24, 2.45) is 0 Å². The van der Waals surface area contributed by atoms with E-state index >= 15 is 0 Å². The Morgan fingerprint density at radius 1 is 1.32 bits per heavy atom. The first-order valence-electron chi connectivity index (χ1n) is 7.44. The van der Waals surface area contributed by atoms with Gasteiger partial charge in [0.25, 0.3) is 0 Å². The Bertz CT molecular complexity index is 527. The van der Waals surface area contributed by atoms with Gasteiger partial charge in [-0.25, -0.2) is 4.79 Å². The molecule has 0 saturated carbocycles. The molecular weight excluding hydrogens is 282 g/mol. The molecule has 1 N–H and O–H groups in total. The van der Waals surface area contributed by atoms with E-state index in [1.807, 2.05) is 29.0 Å². The van der Waals surface area contributed by atoms with E-state index in [9.17, 15) is 9.59 Å². The molecule has 1 aliphatic rings. The van der Waals surface area contributed by atoms with Crippen LogP contribution < -0.4 is 5.32 Å². The fourth-order valence-electron chi connectivity index (χ4n) is 2.53. The van der Waals surface area contributed by atoms with Crippen LogP contribution in [-0.4, -0.2) is 68.6 Å². The lowest BCUT2D eigenvalue weighted by molar-refractivity contribution is -0.132. The number of likely N-dealkylation sites (N-methyl/N-ethyl adjacent to an activating group) is 1. The van der Waals surface area contributed by atoms with Gasteiger partial charge in [0.15, 0.2) is 0 Å². The zero-order valence-corrected chi connectivity index (χ0v) is 13.2. The number of benzene rings is 1. The first kappa shape index (κ1) is 16.5. The van der Waals surface area contributed by atoms with Gasteiger partial charge >= 0.3 is 5.97 Å². The highest BCUT2D eigenvalue weighted by molar-refractivity contribution is 5.89. The van der Waals surface area contributed by atoms with Crippen molar-refractivity contribution in [1.29, 1.82) is 0 Å². The maximum absolute atomic E-state index is 12.2. The van der Waals surface area contributed by atoms with Crippen molar-refractivity contribution in [2.75, 3.05) is 46.9 Å². The Hall–Kier alpha value is -1.92. The number of rotatable bonds is 5. The predicted octanol–water partition coefficient (Wildman–Crippen LogP) is 0.337. The van der Waals surface area contributed by atoms with E-state index in [0.29, 0.717) is 18.7 Å². The SMILES string of the molecule is COC(=O)c1cccc(CN(C)CC(=O)N2CCNCC2)c1. The average Bonchev–Trinajstić information content (AvgIpc) is 2.55. The van der Waals surface area contributed by atoms with E-state index in [-0.39, 0.29) is 11.9 Å². The van der Waals surface area contributed by atoms with Crippen molar-refractivity contribution in [2.45, 2.75) is 6.54 Å². The molecule has 0 radical (unpaired) electrons. The van der Waals surface area contributed by atoms with Crippen molar-refractivity contribution in [1.82, 2.24) is 15.1 Å². The normalized spacial score (nSPS) is 15.0. The molecular formula is C16H23N3O3. The van der Waals surface area contributed by atoms with Crippen LogP contribution in [0.1, 0.15) is 15.9 Å². The average molecular weight is 305 g/mol. The molecule has 1 aromatic carbocycles. The molecule has 0 spiro atoms. The number of carbonyl (C=O) groups is 2. The van der Waals surface area contributed by atoms with Gasteiger partial charge in [0, 0.05) is 32.7 Å². The molecule has 0 aliphatic carbocycles. The second-order valence-electron chi connectivity index (χ2n) is 5.50. The molecule has 6 nitrogen and oxygen atoms in total. The Balaban J connectivity index is 1.89. The number of carbonyl (C=O) groups excluding carboxylic acids is 2. The van der Waals surface area contributed by atoms with Crippen molar-refractivity contribution in [3.63, 3.8) is 0 Å². The number of methoxy groups -OCH3 is 1. The third-order valence-corrected chi connectivity index (χ3v) is 3.68. The molecule has 1 aliphatic heterocycles. The van der Waals surface area contributed by atoms with E-state index in [1.54, 1.807) is 12.1 Å². The number of amides is 1. The molecule has 1 fully saturated rings. The van der Waals surface area contributed by atoms with Gasteiger partial charge < -0.3 is 15.0 Å². The van der Waals surface area contributed by atoms with Crippen LogP contribution in [0.25, 0.3) is 0 Å². The maximum Gasteiger partial charge on any atom is 0.337 e. The number of ether oxygens (including phenoxy) is 1. The Morgan fingerprint density at radius 2 is 2.05 bits per heavy atom. The van der Waals surface area contributed by atoms with Crippen molar-refractivity contribution >= 4 is 11.9 Å². The van der Waals surface area contributed by atoms with Gasteiger partial charge in [-0.05, 0) is 24.7 Å². The highest BCUT2D eigenvalue weighted by atomic mass is 16.5. The van der Waals surface area contributed by atoms with Crippen LogP contribution in [-0.2, 0) is 16.1 Å². The van der Waals surface area contributed by atoms with Gasteiger partial charge in [-0.15, -0.1) is 0 Å². The minimum atomic E-state index is -0.346. The number of piperazine rings is 1. The van der Waals surface area contributed by atoms with Crippen molar-refractivity contribution in [3.8, 4) is 0 Å². The Kier molecular flexibility index (Phi) is 5.91. The molecule has 120 valence electrons. The maximum atomic E-state index is 12.2. The number of hydrogen-bond acceptors (Lipinski definition) is 5. The molecule has 0 unspecified atom stereocenters. The van der Waals surface area contributed by atoms with Crippen LogP contribution in [0.2, 0.25) is 0 Å². The molecule has 1 heterocycles. The van der Waals surface area contributed by atoms with Crippen LogP contribution in [0.5, 0.6) is 0 Å². The molecule has 22 heavy (non-hydrogen) atoms. The second kappa shape index (κ2) is 7.91. The first-order chi connectivity index (χ1) is 10.6. The number of nitrogens with one attached hydrogen (secondary N) is 1. The third-order valence-electron chi connectivity index (χ3n) is 3.68. The molecule has 1 aromatic rings.